The summed E-state index contributed by atoms with van der Waals surface area (Å²) in [6, 6.07) is 17.0. The Kier molecular flexibility index (Phi) is 4.96. The van der Waals surface area contributed by atoms with Crippen LogP contribution in [0, 0.1) is 0 Å². The quantitative estimate of drug-likeness (QED) is 0.825. The summed E-state index contributed by atoms with van der Waals surface area (Å²) in [6.07, 6.45) is 0. The minimum atomic E-state index is -0.153. The summed E-state index contributed by atoms with van der Waals surface area (Å²) in [6.45, 7) is 9.90. The van der Waals surface area contributed by atoms with Gasteiger partial charge in [-0.2, -0.15) is 0 Å². The Labute approximate surface area is 150 Å². The normalized spacial score (nSPS) is 17.3. The fraction of sp³-hybridized carbons (Fsp3) is 0.409. The molecule has 25 heavy (non-hydrogen) atoms. The van der Waals surface area contributed by atoms with E-state index in [0.29, 0.717) is 13.2 Å². The first-order valence-corrected chi connectivity index (χ1v) is 8.89. The summed E-state index contributed by atoms with van der Waals surface area (Å²) in [7, 11) is 0. The lowest BCUT2D eigenvalue weighted by molar-refractivity contribution is -0.129. The molecule has 0 N–H and O–H groups in total. The largest absolute Gasteiger partial charge is 0.371 e. The van der Waals surface area contributed by atoms with Crippen LogP contribution in [0.4, 0.5) is 0 Å². The molecule has 1 amide bonds. The third-order valence-electron chi connectivity index (χ3n) is 4.67. The number of hydrogen-bond acceptors (Lipinski definition) is 2. The van der Waals surface area contributed by atoms with Crippen LogP contribution in [-0.4, -0.2) is 23.0 Å². The van der Waals surface area contributed by atoms with Gasteiger partial charge >= 0.3 is 0 Å². The topological polar surface area (TPSA) is 29.5 Å². The van der Waals surface area contributed by atoms with Crippen LogP contribution >= 0.6 is 0 Å². The Morgan fingerprint density at radius 3 is 2.52 bits per heavy atom. The molecule has 3 heteroatoms. The van der Waals surface area contributed by atoms with Crippen LogP contribution in [0.3, 0.4) is 0 Å². The first-order valence-electron chi connectivity index (χ1n) is 8.89. The van der Waals surface area contributed by atoms with Gasteiger partial charge in [0.15, 0.2) is 0 Å². The number of ether oxygens (including phenoxy) is 1. The molecule has 1 aliphatic rings. The standard InChI is InChI=1S/C22H27NO2/c1-16(24)23-13-19-11-10-17(15-25-22(2,3)4)12-20(19)21(14-23)18-8-6-5-7-9-18/h5-12,21H,13-15H2,1-4H3. The molecular formula is C22H27NO2. The molecule has 1 heterocycles. The average molecular weight is 337 g/mol. The van der Waals surface area contributed by atoms with E-state index in [1.165, 1.54) is 22.3 Å². The van der Waals surface area contributed by atoms with Gasteiger partial charge < -0.3 is 9.64 Å². The van der Waals surface area contributed by atoms with E-state index < -0.39 is 0 Å². The third kappa shape index (κ3) is 4.29. The SMILES string of the molecule is CC(=O)N1Cc2ccc(COC(C)(C)C)cc2C(c2ccccc2)C1. The van der Waals surface area contributed by atoms with E-state index in [9.17, 15) is 4.79 Å². The zero-order chi connectivity index (χ0) is 18.0. The molecule has 0 fully saturated rings. The molecule has 2 aromatic carbocycles. The molecule has 0 spiro atoms. The van der Waals surface area contributed by atoms with Gasteiger partial charge in [-0.15, -0.1) is 0 Å². The minimum Gasteiger partial charge on any atom is -0.371 e. The number of rotatable bonds is 3. The van der Waals surface area contributed by atoms with Gasteiger partial charge in [0.1, 0.15) is 0 Å². The van der Waals surface area contributed by atoms with E-state index in [1.807, 2.05) is 11.0 Å². The highest BCUT2D eigenvalue weighted by molar-refractivity contribution is 5.74. The highest BCUT2D eigenvalue weighted by Crippen LogP contribution is 2.34. The van der Waals surface area contributed by atoms with Gasteiger partial charge in [-0.3, -0.25) is 4.79 Å². The number of benzene rings is 2. The van der Waals surface area contributed by atoms with E-state index in [2.05, 4.69) is 63.2 Å². The number of amides is 1. The van der Waals surface area contributed by atoms with Crippen LogP contribution in [-0.2, 0) is 22.7 Å². The second-order valence-corrected chi connectivity index (χ2v) is 7.80. The maximum Gasteiger partial charge on any atom is 0.219 e. The van der Waals surface area contributed by atoms with Gasteiger partial charge in [0.05, 0.1) is 12.2 Å². The molecule has 0 saturated heterocycles. The van der Waals surface area contributed by atoms with E-state index in [-0.39, 0.29) is 17.4 Å². The molecule has 0 aromatic heterocycles. The fourth-order valence-electron chi connectivity index (χ4n) is 3.30. The van der Waals surface area contributed by atoms with Crippen LogP contribution in [0.2, 0.25) is 0 Å². The maximum absolute atomic E-state index is 12.0. The summed E-state index contributed by atoms with van der Waals surface area (Å²) in [5.41, 5.74) is 4.84. The summed E-state index contributed by atoms with van der Waals surface area (Å²) < 4.78 is 5.94. The Balaban J connectivity index is 1.95. The monoisotopic (exact) mass is 337 g/mol. The van der Waals surface area contributed by atoms with Crippen LogP contribution in [0.15, 0.2) is 48.5 Å². The van der Waals surface area contributed by atoms with Gasteiger partial charge in [0.25, 0.3) is 0 Å². The van der Waals surface area contributed by atoms with Crippen molar-refractivity contribution in [2.24, 2.45) is 0 Å². The molecule has 1 unspecified atom stereocenters. The Hall–Kier alpha value is -2.13. The zero-order valence-corrected chi connectivity index (χ0v) is 15.6. The second-order valence-electron chi connectivity index (χ2n) is 7.80. The van der Waals surface area contributed by atoms with Crippen molar-refractivity contribution in [3.05, 3.63) is 70.8 Å². The Bertz CT molecular complexity index is 746. The highest BCUT2D eigenvalue weighted by atomic mass is 16.5. The summed E-state index contributed by atoms with van der Waals surface area (Å²) >= 11 is 0. The zero-order valence-electron chi connectivity index (χ0n) is 15.6. The lowest BCUT2D eigenvalue weighted by Crippen LogP contribution is -2.37. The van der Waals surface area contributed by atoms with E-state index in [0.717, 1.165) is 6.54 Å². The number of carbonyl (C=O) groups is 1. The first-order chi connectivity index (χ1) is 11.8. The van der Waals surface area contributed by atoms with Crippen molar-refractivity contribution in [3.63, 3.8) is 0 Å². The fourth-order valence-corrected chi connectivity index (χ4v) is 3.30. The van der Waals surface area contributed by atoms with Gasteiger partial charge in [-0.05, 0) is 43.0 Å². The van der Waals surface area contributed by atoms with E-state index in [4.69, 9.17) is 4.74 Å². The van der Waals surface area contributed by atoms with Gasteiger partial charge in [0, 0.05) is 25.9 Å². The van der Waals surface area contributed by atoms with Crippen molar-refractivity contribution in [2.75, 3.05) is 6.54 Å². The predicted octanol–water partition coefficient (Wildman–Crippen LogP) is 4.50. The predicted molar refractivity (Wildman–Crippen MR) is 100 cm³/mol. The van der Waals surface area contributed by atoms with Crippen molar-refractivity contribution in [3.8, 4) is 0 Å². The lowest BCUT2D eigenvalue weighted by atomic mass is 9.83. The minimum absolute atomic E-state index is 0.131. The smallest absolute Gasteiger partial charge is 0.219 e. The van der Waals surface area contributed by atoms with E-state index >= 15 is 0 Å². The van der Waals surface area contributed by atoms with Crippen LogP contribution in [0.25, 0.3) is 0 Å². The molecule has 0 saturated carbocycles. The van der Waals surface area contributed by atoms with Crippen LogP contribution in [0.5, 0.6) is 0 Å². The second kappa shape index (κ2) is 7.01. The van der Waals surface area contributed by atoms with Gasteiger partial charge in [0.2, 0.25) is 5.91 Å². The van der Waals surface area contributed by atoms with Crippen molar-refractivity contribution < 1.29 is 9.53 Å². The lowest BCUT2D eigenvalue weighted by Gasteiger charge is -2.35. The van der Waals surface area contributed by atoms with Crippen LogP contribution < -0.4 is 0 Å². The summed E-state index contributed by atoms with van der Waals surface area (Å²) in [5, 5.41) is 0. The molecule has 132 valence electrons. The first kappa shape index (κ1) is 17.7. The molecule has 0 bridgehead atoms. The van der Waals surface area contributed by atoms with Crippen molar-refractivity contribution in [2.45, 2.75) is 52.4 Å². The van der Waals surface area contributed by atoms with E-state index in [1.54, 1.807) is 6.92 Å². The summed E-state index contributed by atoms with van der Waals surface area (Å²) in [4.78, 5) is 13.9. The number of fused-ring (bicyclic) bond motifs is 1. The van der Waals surface area contributed by atoms with Crippen molar-refractivity contribution in [1.29, 1.82) is 0 Å². The molecule has 1 aliphatic heterocycles. The van der Waals surface area contributed by atoms with Crippen LogP contribution in [0.1, 0.15) is 55.9 Å². The number of carbonyl (C=O) groups excluding carboxylic acids is 1. The maximum atomic E-state index is 12.0. The Morgan fingerprint density at radius 1 is 1.16 bits per heavy atom. The molecule has 3 rings (SSSR count). The summed E-state index contributed by atoms with van der Waals surface area (Å²) in [5.74, 6) is 0.343. The molecule has 0 aliphatic carbocycles. The van der Waals surface area contributed by atoms with Gasteiger partial charge in [-0.1, -0.05) is 48.5 Å². The number of nitrogens with zero attached hydrogens (tertiary/aromatic N) is 1. The third-order valence-corrected chi connectivity index (χ3v) is 4.67. The molecule has 3 nitrogen and oxygen atoms in total. The highest BCUT2D eigenvalue weighted by Gasteiger charge is 2.28. The number of hydrogen-bond donors (Lipinski definition) is 0. The molecule has 0 radical (unpaired) electrons. The van der Waals surface area contributed by atoms with Gasteiger partial charge in [-0.25, -0.2) is 0 Å². The van der Waals surface area contributed by atoms with Crippen molar-refractivity contribution >= 4 is 5.91 Å². The molecule has 2 aromatic rings. The van der Waals surface area contributed by atoms with Crippen molar-refractivity contribution in [1.82, 2.24) is 4.90 Å². The average Bonchev–Trinajstić information content (AvgIpc) is 2.59. The molecular weight excluding hydrogens is 310 g/mol. The molecule has 1 atom stereocenters. The Morgan fingerprint density at radius 2 is 1.88 bits per heavy atom.